The lowest BCUT2D eigenvalue weighted by Gasteiger charge is -2.06. The molecule has 1 amide bonds. The molecule has 0 aliphatic rings. The van der Waals surface area contributed by atoms with Gasteiger partial charge >= 0.3 is 0 Å². The summed E-state index contributed by atoms with van der Waals surface area (Å²) in [7, 11) is 0. The average Bonchev–Trinajstić information content (AvgIpc) is 2.19. The fourth-order valence-electron chi connectivity index (χ4n) is 1.07. The van der Waals surface area contributed by atoms with Gasteiger partial charge < -0.3 is 5.32 Å². The Hall–Kier alpha value is -0.830. The van der Waals surface area contributed by atoms with Gasteiger partial charge in [-0.2, -0.15) is 0 Å². The SMILES string of the molecule is CCc1ccc(NC(=O)C(C)Br)cc1. The van der Waals surface area contributed by atoms with Crippen molar-refractivity contribution in [1.82, 2.24) is 0 Å². The smallest absolute Gasteiger partial charge is 0.237 e. The molecule has 0 aliphatic carbocycles. The van der Waals surface area contributed by atoms with Crippen molar-refractivity contribution in [2.45, 2.75) is 25.1 Å². The minimum atomic E-state index is -0.159. The molecule has 0 heterocycles. The highest BCUT2D eigenvalue weighted by Gasteiger charge is 2.07. The lowest BCUT2D eigenvalue weighted by Crippen LogP contribution is -2.19. The summed E-state index contributed by atoms with van der Waals surface area (Å²) in [5, 5.41) is 2.81. The Morgan fingerprint density at radius 1 is 1.43 bits per heavy atom. The number of carbonyl (C=O) groups excluding carboxylic acids is 1. The summed E-state index contributed by atoms with van der Waals surface area (Å²) in [4.78, 5) is 11.1. The molecule has 1 atom stereocenters. The molecule has 0 spiro atoms. The number of halogens is 1. The highest BCUT2D eigenvalue weighted by Crippen LogP contribution is 2.11. The van der Waals surface area contributed by atoms with Crippen molar-refractivity contribution in [3.63, 3.8) is 0 Å². The molecule has 1 aromatic carbocycles. The lowest BCUT2D eigenvalue weighted by molar-refractivity contribution is -0.115. The van der Waals surface area contributed by atoms with E-state index in [1.54, 1.807) is 6.92 Å². The first kappa shape index (κ1) is 11.2. The number of hydrogen-bond donors (Lipinski definition) is 1. The predicted molar refractivity (Wildman–Crippen MR) is 62.8 cm³/mol. The van der Waals surface area contributed by atoms with E-state index in [0.29, 0.717) is 0 Å². The molecule has 0 aliphatic heterocycles. The molecule has 76 valence electrons. The molecular weight excluding hydrogens is 242 g/mol. The molecule has 1 aromatic rings. The standard InChI is InChI=1S/C11H14BrNO/c1-3-9-4-6-10(7-5-9)13-11(14)8(2)12/h4-8H,3H2,1-2H3,(H,13,14). The van der Waals surface area contributed by atoms with Crippen LogP contribution in [-0.4, -0.2) is 10.7 Å². The Balaban J connectivity index is 2.64. The third kappa shape index (κ3) is 3.14. The molecular formula is C11H14BrNO. The van der Waals surface area contributed by atoms with Gasteiger partial charge in [-0.1, -0.05) is 35.0 Å². The van der Waals surface area contributed by atoms with E-state index < -0.39 is 0 Å². The maximum absolute atomic E-state index is 11.3. The van der Waals surface area contributed by atoms with Gasteiger partial charge in [0.15, 0.2) is 0 Å². The fourth-order valence-corrected chi connectivity index (χ4v) is 1.18. The average molecular weight is 256 g/mol. The highest BCUT2D eigenvalue weighted by molar-refractivity contribution is 9.10. The Morgan fingerprint density at radius 2 is 2.00 bits per heavy atom. The van der Waals surface area contributed by atoms with Crippen molar-refractivity contribution < 1.29 is 4.79 Å². The number of benzene rings is 1. The van der Waals surface area contributed by atoms with Gasteiger partial charge in [0.05, 0.1) is 4.83 Å². The van der Waals surface area contributed by atoms with Crippen LogP contribution in [0.5, 0.6) is 0 Å². The number of hydrogen-bond acceptors (Lipinski definition) is 1. The lowest BCUT2D eigenvalue weighted by atomic mass is 10.1. The van der Waals surface area contributed by atoms with E-state index in [1.165, 1.54) is 5.56 Å². The van der Waals surface area contributed by atoms with Crippen LogP contribution in [0, 0.1) is 0 Å². The second-order valence-corrected chi connectivity index (χ2v) is 4.53. The van der Waals surface area contributed by atoms with Gasteiger partial charge in [-0.05, 0) is 31.0 Å². The highest BCUT2D eigenvalue weighted by atomic mass is 79.9. The number of aryl methyl sites for hydroxylation is 1. The second-order valence-electron chi connectivity index (χ2n) is 3.16. The minimum Gasteiger partial charge on any atom is -0.325 e. The summed E-state index contributed by atoms with van der Waals surface area (Å²) in [5.74, 6) is -0.0192. The van der Waals surface area contributed by atoms with Gasteiger partial charge in [0.1, 0.15) is 0 Å². The Bertz CT molecular complexity index is 306. The molecule has 0 saturated heterocycles. The predicted octanol–water partition coefficient (Wildman–Crippen LogP) is 2.97. The van der Waals surface area contributed by atoms with Crippen LogP contribution in [0.1, 0.15) is 19.4 Å². The number of amides is 1. The molecule has 0 bridgehead atoms. The third-order valence-electron chi connectivity index (χ3n) is 1.99. The summed E-state index contributed by atoms with van der Waals surface area (Å²) >= 11 is 3.21. The van der Waals surface area contributed by atoms with Crippen LogP contribution in [0.2, 0.25) is 0 Å². The van der Waals surface area contributed by atoms with Crippen LogP contribution in [0.4, 0.5) is 5.69 Å². The van der Waals surface area contributed by atoms with Crippen molar-refractivity contribution >= 4 is 27.5 Å². The van der Waals surface area contributed by atoms with Gasteiger partial charge in [-0.3, -0.25) is 4.79 Å². The molecule has 14 heavy (non-hydrogen) atoms. The Kier molecular flexibility index (Phi) is 4.14. The van der Waals surface area contributed by atoms with Gasteiger partial charge in [0.25, 0.3) is 0 Å². The van der Waals surface area contributed by atoms with E-state index in [1.807, 2.05) is 24.3 Å². The van der Waals surface area contributed by atoms with Crippen LogP contribution < -0.4 is 5.32 Å². The van der Waals surface area contributed by atoms with E-state index in [-0.39, 0.29) is 10.7 Å². The molecule has 2 nitrogen and oxygen atoms in total. The van der Waals surface area contributed by atoms with Gasteiger partial charge in [-0.25, -0.2) is 0 Å². The Labute approximate surface area is 92.8 Å². The largest absolute Gasteiger partial charge is 0.325 e. The zero-order valence-electron chi connectivity index (χ0n) is 8.38. The van der Waals surface area contributed by atoms with Gasteiger partial charge in [0, 0.05) is 5.69 Å². The molecule has 0 fully saturated rings. The van der Waals surface area contributed by atoms with Crippen molar-refractivity contribution in [1.29, 1.82) is 0 Å². The number of nitrogens with one attached hydrogen (secondary N) is 1. The zero-order chi connectivity index (χ0) is 10.6. The van der Waals surface area contributed by atoms with E-state index >= 15 is 0 Å². The summed E-state index contributed by atoms with van der Waals surface area (Å²) < 4.78 is 0. The normalized spacial score (nSPS) is 12.2. The maximum Gasteiger partial charge on any atom is 0.237 e. The molecule has 3 heteroatoms. The third-order valence-corrected chi connectivity index (χ3v) is 2.41. The van der Waals surface area contributed by atoms with Crippen molar-refractivity contribution in [3.8, 4) is 0 Å². The topological polar surface area (TPSA) is 29.1 Å². The molecule has 0 radical (unpaired) electrons. The first-order valence-electron chi connectivity index (χ1n) is 4.67. The zero-order valence-corrected chi connectivity index (χ0v) is 9.97. The van der Waals surface area contributed by atoms with Crippen LogP contribution in [0.15, 0.2) is 24.3 Å². The monoisotopic (exact) mass is 255 g/mol. The molecule has 0 aromatic heterocycles. The first-order chi connectivity index (χ1) is 6.63. The Morgan fingerprint density at radius 3 is 2.43 bits per heavy atom. The van der Waals surface area contributed by atoms with Crippen molar-refractivity contribution in [2.75, 3.05) is 5.32 Å². The summed E-state index contributed by atoms with van der Waals surface area (Å²) in [6, 6.07) is 7.89. The van der Waals surface area contributed by atoms with E-state index in [4.69, 9.17) is 0 Å². The molecule has 1 N–H and O–H groups in total. The fraction of sp³-hybridized carbons (Fsp3) is 0.364. The van der Waals surface area contributed by atoms with Crippen molar-refractivity contribution in [2.24, 2.45) is 0 Å². The van der Waals surface area contributed by atoms with E-state index in [2.05, 4.69) is 28.2 Å². The maximum atomic E-state index is 11.3. The van der Waals surface area contributed by atoms with Crippen LogP contribution in [0.3, 0.4) is 0 Å². The van der Waals surface area contributed by atoms with Crippen molar-refractivity contribution in [3.05, 3.63) is 29.8 Å². The molecule has 1 unspecified atom stereocenters. The minimum absolute atomic E-state index is 0.0192. The van der Waals surface area contributed by atoms with Gasteiger partial charge in [-0.15, -0.1) is 0 Å². The first-order valence-corrected chi connectivity index (χ1v) is 5.59. The summed E-state index contributed by atoms with van der Waals surface area (Å²) in [6.07, 6.45) is 1.02. The van der Waals surface area contributed by atoms with E-state index in [0.717, 1.165) is 12.1 Å². The molecule has 1 rings (SSSR count). The number of alkyl halides is 1. The van der Waals surface area contributed by atoms with Gasteiger partial charge in [0.2, 0.25) is 5.91 Å². The van der Waals surface area contributed by atoms with Crippen LogP contribution in [-0.2, 0) is 11.2 Å². The number of anilines is 1. The van der Waals surface area contributed by atoms with Crippen LogP contribution in [0.25, 0.3) is 0 Å². The van der Waals surface area contributed by atoms with E-state index in [9.17, 15) is 4.79 Å². The number of rotatable bonds is 3. The summed E-state index contributed by atoms with van der Waals surface area (Å²) in [6.45, 7) is 3.91. The molecule has 0 saturated carbocycles. The number of carbonyl (C=O) groups is 1. The summed E-state index contributed by atoms with van der Waals surface area (Å²) in [5.41, 5.74) is 2.12. The quantitative estimate of drug-likeness (QED) is 0.827. The van der Waals surface area contributed by atoms with Crippen LogP contribution >= 0.6 is 15.9 Å². The second kappa shape index (κ2) is 5.15.